The van der Waals surface area contributed by atoms with Crippen molar-refractivity contribution in [3.63, 3.8) is 0 Å². The molecule has 0 bridgehead atoms. The van der Waals surface area contributed by atoms with Gasteiger partial charge >= 0.3 is 0 Å². The third kappa shape index (κ3) is 4.20. The molecule has 2 saturated heterocycles. The fourth-order valence-corrected chi connectivity index (χ4v) is 4.42. The first-order valence-corrected chi connectivity index (χ1v) is 9.57. The van der Waals surface area contributed by atoms with Gasteiger partial charge in [0.2, 0.25) is 5.88 Å². The van der Waals surface area contributed by atoms with Crippen LogP contribution >= 0.6 is 0 Å². The van der Waals surface area contributed by atoms with Crippen LogP contribution in [0.1, 0.15) is 25.0 Å². The second-order valence-corrected chi connectivity index (χ2v) is 7.75. The lowest BCUT2D eigenvalue weighted by molar-refractivity contribution is 0.0241. The molecule has 2 aromatic rings. The van der Waals surface area contributed by atoms with E-state index in [1.54, 1.807) is 25.7 Å². The number of hydrogen-bond acceptors (Lipinski definition) is 7. The molecule has 0 radical (unpaired) electrons. The molecule has 2 fully saturated rings. The Labute approximate surface area is 160 Å². The van der Waals surface area contributed by atoms with Gasteiger partial charge < -0.3 is 14.7 Å². The van der Waals surface area contributed by atoms with Gasteiger partial charge in [-0.05, 0) is 43.8 Å². The van der Waals surface area contributed by atoms with Crippen molar-refractivity contribution in [3.05, 3.63) is 42.5 Å². The van der Waals surface area contributed by atoms with Crippen LogP contribution in [-0.2, 0) is 6.54 Å². The molecule has 144 valence electrons. The first-order valence-electron chi connectivity index (χ1n) is 9.57. The number of pyridine rings is 1. The number of aromatic nitrogens is 3. The molecule has 2 aliphatic rings. The van der Waals surface area contributed by atoms with E-state index in [4.69, 9.17) is 4.74 Å². The molecule has 1 atom stereocenters. The van der Waals surface area contributed by atoms with E-state index in [0.717, 1.165) is 57.0 Å². The minimum Gasteiger partial charge on any atom is -0.481 e. The first-order chi connectivity index (χ1) is 13.2. The Morgan fingerprint density at radius 1 is 1.26 bits per heavy atom. The quantitative estimate of drug-likeness (QED) is 0.880. The molecule has 27 heavy (non-hydrogen) atoms. The Morgan fingerprint density at radius 2 is 2.11 bits per heavy atom. The number of aliphatic hydroxyl groups is 1. The third-order valence-electron chi connectivity index (χ3n) is 5.79. The summed E-state index contributed by atoms with van der Waals surface area (Å²) in [6.45, 7) is 4.44. The zero-order chi connectivity index (χ0) is 18.7. The van der Waals surface area contributed by atoms with Gasteiger partial charge in [0.1, 0.15) is 5.82 Å². The van der Waals surface area contributed by atoms with E-state index < -0.39 is 0 Å². The number of nitrogens with zero attached hydrogens (tertiary/aromatic N) is 5. The average Bonchev–Trinajstić information content (AvgIpc) is 2.70. The Balaban J connectivity index is 1.39. The lowest BCUT2D eigenvalue weighted by Crippen LogP contribution is -2.54. The summed E-state index contributed by atoms with van der Waals surface area (Å²) in [6, 6.07) is 5.91. The van der Waals surface area contributed by atoms with Gasteiger partial charge in [-0.15, -0.1) is 0 Å². The Bertz CT molecular complexity index is 749. The normalized spacial score (nSPS) is 22.7. The molecule has 4 rings (SSSR count). The molecule has 0 amide bonds. The van der Waals surface area contributed by atoms with E-state index >= 15 is 0 Å². The van der Waals surface area contributed by atoms with Gasteiger partial charge in [0.15, 0.2) is 0 Å². The lowest BCUT2D eigenvalue weighted by atomic mass is 9.71. The van der Waals surface area contributed by atoms with Crippen LogP contribution < -0.4 is 9.64 Å². The van der Waals surface area contributed by atoms with Crippen LogP contribution in [0.2, 0.25) is 0 Å². The van der Waals surface area contributed by atoms with Gasteiger partial charge in [-0.3, -0.25) is 9.88 Å². The van der Waals surface area contributed by atoms with Gasteiger partial charge in [-0.2, -0.15) is 0 Å². The summed E-state index contributed by atoms with van der Waals surface area (Å²) in [5, 5.41) is 10.5. The molecule has 1 unspecified atom stereocenters. The SMILES string of the molecule is COc1cccc(CN2CCC3(CC2)CC(O)CN(c2cnccn2)C3)n1. The van der Waals surface area contributed by atoms with E-state index in [1.165, 1.54) is 0 Å². The van der Waals surface area contributed by atoms with Crippen LogP contribution in [0.3, 0.4) is 0 Å². The molecule has 2 aromatic heterocycles. The fraction of sp³-hybridized carbons (Fsp3) is 0.550. The van der Waals surface area contributed by atoms with Crippen molar-refractivity contribution in [1.82, 2.24) is 19.9 Å². The molecule has 0 saturated carbocycles. The minimum atomic E-state index is -0.313. The lowest BCUT2D eigenvalue weighted by Gasteiger charge is -2.49. The largest absolute Gasteiger partial charge is 0.481 e. The number of anilines is 1. The summed E-state index contributed by atoms with van der Waals surface area (Å²) in [6.07, 6.45) is 7.89. The van der Waals surface area contributed by atoms with Crippen LogP contribution in [0.15, 0.2) is 36.8 Å². The average molecular weight is 369 g/mol. The maximum Gasteiger partial charge on any atom is 0.213 e. The number of hydrogen-bond donors (Lipinski definition) is 1. The van der Waals surface area contributed by atoms with E-state index in [-0.39, 0.29) is 11.5 Å². The Kier molecular flexibility index (Phi) is 5.22. The van der Waals surface area contributed by atoms with Crippen molar-refractivity contribution in [1.29, 1.82) is 0 Å². The van der Waals surface area contributed by atoms with Gasteiger partial charge in [0.25, 0.3) is 0 Å². The van der Waals surface area contributed by atoms with Crippen LogP contribution in [0.25, 0.3) is 0 Å². The number of ether oxygens (including phenoxy) is 1. The van der Waals surface area contributed by atoms with Crippen molar-refractivity contribution in [2.24, 2.45) is 5.41 Å². The van der Waals surface area contributed by atoms with Gasteiger partial charge in [-0.25, -0.2) is 9.97 Å². The van der Waals surface area contributed by atoms with Crippen molar-refractivity contribution in [2.75, 3.05) is 38.2 Å². The van der Waals surface area contributed by atoms with Crippen molar-refractivity contribution < 1.29 is 9.84 Å². The fourth-order valence-electron chi connectivity index (χ4n) is 4.42. The van der Waals surface area contributed by atoms with Crippen molar-refractivity contribution >= 4 is 5.82 Å². The third-order valence-corrected chi connectivity index (χ3v) is 5.79. The highest BCUT2D eigenvalue weighted by Crippen LogP contribution is 2.41. The maximum absolute atomic E-state index is 10.5. The molecule has 0 aromatic carbocycles. The summed E-state index contributed by atoms with van der Waals surface area (Å²) in [5.41, 5.74) is 1.18. The molecule has 4 heterocycles. The summed E-state index contributed by atoms with van der Waals surface area (Å²) in [7, 11) is 1.65. The number of piperidine rings is 2. The predicted molar refractivity (Wildman–Crippen MR) is 103 cm³/mol. The molecule has 1 N–H and O–H groups in total. The summed E-state index contributed by atoms with van der Waals surface area (Å²) in [4.78, 5) is 17.8. The van der Waals surface area contributed by atoms with Crippen LogP contribution in [0.5, 0.6) is 5.88 Å². The second kappa shape index (κ2) is 7.78. The van der Waals surface area contributed by atoms with Crippen LogP contribution in [0, 0.1) is 5.41 Å². The highest BCUT2D eigenvalue weighted by molar-refractivity contribution is 5.37. The van der Waals surface area contributed by atoms with Gasteiger partial charge in [0, 0.05) is 38.1 Å². The van der Waals surface area contributed by atoms with Crippen molar-refractivity contribution in [3.8, 4) is 5.88 Å². The van der Waals surface area contributed by atoms with Gasteiger partial charge in [-0.1, -0.05) is 6.07 Å². The van der Waals surface area contributed by atoms with E-state index in [2.05, 4.69) is 24.8 Å². The second-order valence-electron chi connectivity index (χ2n) is 7.75. The van der Waals surface area contributed by atoms with Gasteiger partial charge in [0.05, 0.1) is 25.1 Å². The van der Waals surface area contributed by atoms with Crippen LogP contribution in [-0.4, -0.2) is 64.4 Å². The molecule has 7 nitrogen and oxygen atoms in total. The maximum atomic E-state index is 10.5. The highest BCUT2D eigenvalue weighted by atomic mass is 16.5. The van der Waals surface area contributed by atoms with E-state index in [0.29, 0.717) is 12.4 Å². The molecule has 7 heteroatoms. The molecular formula is C20H27N5O2. The number of likely N-dealkylation sites (tertiary alicyclic amines) is 1. The van der Waals surface area contributed by atoms with E-state index in [1.807, 2.05) is 18.2 Å². The number of aliphatic hydroxyl groups excluding tert-OH is 1. The smallest absolute Gasteiger partial charge is 0.213 e. The predicted octanol–water partition coefficient (Wildman–Crippen LogP) is 1.73. The molecule has 1 spiro atoms. The molecular weight excluding hydrogens is 342 g/mol. The number of methoxy groups -OCH3 is 1. The molecule has 0 aliphatic carbocycles. The first kappa shape index (κ1) is 18.1. The molecule has 2 aliphatic heterocycles. The monoisotopic (exact) mass is 369 g/mol. The zero-order valence-corrected chi connectivity index (χ0v) is 15.8. The van der Waals surface area contributed by atoms with Crippen molar-refractivity contribution in [2.45, 2.75) is 31.9 Å². The number of β-amino-alcohol motifs (C(OH)–C–C–N with tert-alkyl or cyclic N) is 1. The summed E-state index contributed by atoms with van der Waals surface area (Å²) < 4.78 is 5.23. The summed E-state index contributed by atoms with van der Waals surface area (Å²) in [5.74, 6) is 1.52. The standard InChI is InChI=1S/C20H27N5O2/c1-27-19-4-2-3-16(23-19)13-24-9-5-20(6-10-24)11-17(26)14-25(15-20)18-12-21-7-8-22-18/h2-4,7-8,12,17,26H,5-6,9-11,13-15H2,1H3. The highest BCUT2D eigenvalue weighted by Gasteiger charge is 2.41. The van der Waals surface area contributed by atoms with Crippen LogP contribution in [0.4, 0.5) is 5.82 Å². The van der Waals surface area contributed by atoms with E-state index in [9.17, 15) is 5.11 Å². The zero-order valence-electron chi connectivity index (χ0n) is 15.8. The summed E-state index contributed by atoms with van der Waals surface area (Å²) >= 11 is 0. The Morgan fingerprint density at radius 3 is 2.85 bits per heavy atom. The topological polar surface area (TPSA) is 74.6 Å². The minimum absolute atomic E-state index is 0.146. The Hall–Kier alpha value is -2.25. The number of rotatable bonds is 4.